The molecular formula is C15H19N7O. The van der Waals surface area contributed by atoms with Crippen LogP contribution in [0.4, 0.5) is 5.95 Å². The maximum Gasteiger partial charge on any atom is 0.265 e. The van der Waals surface area contributed by atoms with Crippen LogP contribution in [0.5, 0.6) is 0 Å². The Labute approximate surface area is 133 Å². The lowest BCUT2D eigenvalue weighted by molar-refractivity contribution is 0.493. The molecule has 4 heterocycles. The minimum absolute atomic E-state index is 0.0588. The van der Waals surface area contributed by atoms with Gasteiger partial charge < -0.3 is 4.90 Å². The van der Waals surface area contributed by atoms with Crippen molar-refractivity contribution in [1.82, 2.24) is 29.1 Å². The highest BCUT2D eigenvalue weighted by Crippen LogP contribution is 2.25. The zero-order chi connectivity index (χ0) is 16.1. The summed E-state index contributed by atoms with van der Waals surface area (Å²) in [5, 5.41) is 9.10. The van der Waals surface area contributed by atoms with E-state index in [4.69, 9.17) is 0 Å². The van der Waals surface area contributed by atoms with Gasteiger partial charge in [-0.1, -0.05) is 0 Å². The number of fused-ring (bicyclic) bond motifs is 1. The van der Waals surface area contributed by atoms with E-state index >= 15 is 0 Å². The third-order valence-electron chi connectivity index (χ3n) is 4.50. The van der Waals surface area contributed by atoms with Crippen LogP contribution in [0.15, 0.2) is 23.4 Å². The minimum Gasteiger partial charge on any atom is -0.340 e. The maximum atomic E-state index is 12.5. The van der Waals surface area contributed by atoms with Crippen molar-refractivity contribution in [1.29, 1.82) is 0 Å². The summed E-state index contributed by atoms with van der Waals surface area (Å²) in [6.07, 6.45) is 6.50. The fourth-order valence-corrected chi connectivity index (χ4v) is 3.21. The molecular weight excluding hydrogens is 294 g/mol. The largest absolute Gasteiger partial charge is 0.340 e. The molecule has 1 unspecified atom stereocenters. The van der Waals surface area contributed by atoms with Gasteiger partial charge in [-0.25, -0.2) is 0 Å². The van der Waals surface area contributed by atoms with Gasteiger partial charge in [0.1, 0.15) is 5.39 Å². The van der Waals surface area contributed by atoms with E-state index < -0.39 is 0 Å². The summed E-state index contributed by atoms with van der Waals surface area (Å²) < 4.78 is 5.27. The van der Waals surface area contributed by atoms with Crippen LogP contribution < -0.4 is 10.5 Å². The SMILES string of the molecule is Cc1cnn(C2CCN(c3nc4c(cnn4C)c(=O)n3C)C2)c1. The lowest BCUT2D eigenvalue weighted by Gasteiger charge is -2.20. The van der Waals surface area contributed by atoms with Crippen molar-refractivity contribution in [2.45, 2.75) is 19.4 Å². The summed E-state index contributed by atoms with van der Waals surface area (Å²) in [5.41, 5.74) is 1.73. The first kappa shape index (κ1) is 14.0. The van der Waals surface area contributed by atoms with Gasteiger partial charge in [0.15, 0.2) is 5.65 Å². The predicted octanol–water partition coefficient (Wildman–Crippen LogP) is 0.623. The molecule has 0 bridgehead atoms. The van der Waals surface area contributed by atoms with Crippen LogP contribution >= 0.6 is 0 Å². The van der Waals surface area contributed by atoms with Gasteiger partial charge in [0.05, 0.1) is 18.4 Å². The minimum atomic E-state index is -0.0588. The topological polar surface area (TPSA) is 73.8 Å². The van der Waals surface area contributed by atoms with Crippen LogP contribution in [0, 0.1) is 6.92 Å². The van der Waals surface area contributed by atoms with Crippen LogP contribution in [0.2, 0.25) is 0 Å². The second kappa shape index (κ2) is 4.94. The molecule has 0 aromatic carbocycles. The monoisotopic (exact) mass is 313 g/mol. The van der Waals surface area contributed by atoms with Crippen molar-refractivity contribution in [2.75, 3.05) is 18.0 Å². The summed E-state index contributed by atoms with van der Waals surface area (Å²) in [6.45, 7) is 3.69. The molecule has 8 nitrogen and oxygen atoms in total. The quantitative estimate of drug-likeness (QED) is 0.693. The third-order valence-corrected chi connectivity index (χ3v) is 4.50. The van der Waals surface area contributed by atoms with Crippen molar-refractivity contribution in [3.8, 4) is 0 Å². The fraction of sp³-hybridized carbons (Fsp3) is 0.467. The third kappa shape index (κ3) is 2.13. The van der Waals surface area contributed by atoms with Gasteiger partial charge in [0.2, 0.25) is 5.95 Å². The molecule has 0 aliphatic carbocycles. The van der Waals surface area contributed by atoms with Crippen molar-refractivity contribution >= 4 is 17.0 Å². The average Bonchev–Trinajstić information content (AvgIpc) is 3.23. The molecule has 1 saturated heterocycles. The molecule has 4 rings (SSSR count). The first-order chi connectivity index (χ1) is 11.0. The van der Waals surface area contributed by atoms with E-state index in [-0.39, 0.29) is 5.56 Å². The van der Waals surface area contributed by atoms with Crippen LogP contribution in [-0.2, 0) is 14.1 Å². The van der Waals surface area contributed by atoms with E-state index in [1.54, 1.807) is 29.5 Å². The molecule has 0 saturated carbocycles. The van der Waals surface area contributed by atoms with Gasteiger partial charge in [-0.2, -0.15) is 15.2 Å². The summed E-state index contributed by atoms with van der Waals surface area (Å²) in [7, 11) is 3.57. The average molecular weight is 313 g/mol. The first-order valence-electron chi connectivity index (χ1n) is 7.69. The van der Waals surface area contributed by atoms with Crippen molar-refractivity contribution in [2.24, 2.45) is 14.1 Å². The molecule has 1 fully saturated rings. The van der Waals surface area contributed by atoms with Gasteiger partial charge >= 0.3 is 0 Å². The van der Waals surface area contributed by atoms with E-state index in [0.29, 0.717) is 23.0 Å². The summed E-state index contributed by atoms with van der Waals surface area (Å²) >= 11 is 0. The summed E-state index contributed by atoms with van der Waals surface area (Å²) in [6, 6.07) is 0.308. The number of aryl methyl sites for hydroxylation is 2. The van der Waals surface area contributed by atoms with Gasteiger partial charge in [0, 0.05) is 33.4 Å². The molecule has 1 atom stereocenters. The molecule has 1 aliphatic rings. The molecule has 0 radical (unpaired) electrons. The number of aromatic nitrogens is 6. The lowest BCUT2D eigenvalue weighted by Crippen LogP contribution is -2.30. The van der Waals surface area contributed by atoms with E-state index in [0.717, 1.165) is 25.1 Å². The predicted molar refractivity (Wildman–Crippen MR) is 86.6 cm³/mol. The number of hydrogen-bond donors (Lipinski definition) is 0. The van der Waals surface area contributed by atoms with Crippen molar-refractivity contribution < 1.29 is 0 Å². The Morgan fingerprint density at radius 3 is 2.78 bits per heavy atom. The zero-order valence-electron chi connectivity index (χ0n) is 13.5. The number of hydrogen-bond acceptors (Lipinski definition) is 5. The van der Waals surface area contributed by atoms with Gasteiger partial charge in [0.25, 0.3) is 5.56 Å². The van der Waals surface area contributed by atoms with E-state index in [2.05, 4.69) is 26.3 Å². The lowest BCUT2D eigenvalue weighted by atomic mass is 10.3. The van der Waals surface area contributed by atoms with Crippen LogP contribution in [0.3, 0.4) is 0 Å². The van der Waals surface area contributed by atoms with Gasteiger partial charge in [-0.3, -0.25) is 18.7 Å². The summed E-state index contributed by atoms with van der Waals surface area (Å²) in [4.78, 5) is 19.3. The Bertz CT molecular complexity index is 935. The highest BCUT2D eigenvalue weighted by atomic mass is 16.1. The number of nitrogens with zero attached hydrogens (tertiary/aromatic N) is 7. The summed E-state index contributed by atoms with van der Waals surface area (Å²) in [5.74, 6) is 0.692. The van der Waals surface area contributed by atoms with E-state index in [1.165, 1.54) is 0 Å². The van der Waals surface area contributed by atoms with Crippen LogP contribution in [0.25, 0.3) is 11.0 Å². The first-order valence-corrected chi connectivity index (χ1v) is 7.69. The van der Waals surface area contributed by atoms with Gasteiger partial charge in [-0.05, 0) is 18.9 Å². The molecule has 3 aromatic heterocycles. The normalized spacial score (nSPS) is 18.2. The van der Waals surface area contributed by atoms with Crippen molar-refractivity contribution in [3.05, 3.63) is 34.5 Å². The Balaban J connectivity index is 1.71. The molecule has 23 heavy (non-hydrogen) atoms. The smallest absolute Gasteiger partial charge is 0.265 e. The van der Waals surface area contributed by atoms with Crippen LogP contribution in [0.1, 0.15) is 18.0 Å². The molecule has 1 aliphatic heterocycles. The molecule has 8 heteroatoms. The Hall–Kier alpha value is -2.64. The number of anilines is 1. The molecule has 0 amide bonds. The van der Waals surface area contributed by atoms with E-state index in [9.17, 15) is 4.79 Å². The highest BCUT2D eigenvalue weighted by molar-refractivity contribution is 5.74. The van der Waals surface area contributed by atoms with Gasteiger partial charge in [-0.15, -0.1) is 0 Å². The van der Waals surface area contributed by atoms with Crippen molar-refractivity contribution in [3.63, 3.8) is 0 Å². The highest BCUT2D eigenvalue weighted by Gasteiger charge is 2.27. The Kier molecular flexibility index (Phi) is 3.00. The molecule has 3 aromatic rings. The molecule has 0 spiro atoms. The molecule has 120 valence electrons. The molecule has 0 N–H and O–H groups in total. The Morgan fingerprint density at radius 2 is 2.04 bits per heavy atom. The Morgan fingerprint density at radius 1 is 1.22 bits per heavy atom. The zero-order valence-corrected chi connectivity index (χ0v) is 13.5. The second-order valence-corrected chi connectivity index (χ2v) is 6.17. The van der Waals surface area contributed by atoms with E-state index in [1.807, 2.05) is 17.8 Å². The standard InChI is InChI=1S/C15H19N7O/c1-10-6-17-22(8-10)11-4-5-21(9-11)15-18-13-12(7-16-20(13)3)14(23)19(15)2/h6-8,11H,4-5,9H2,1-3H3. The van der Waals surface area contributed by atoms with Crippen LogP contribution in [-0.4, -0.2) is 42.2 Å². The fourth-order valence-electron chi connectivity index (χ4n) is 3.21. The second-order valence-electron chi connectivity index (χ2n) is 6.17. The number of rotatable bonds is 2. The maximum absolute atomic E-state index is 12.5.